The normalized spacial score (nSPS) is 7.57. The van der Waals surface area contributed by atoms with Crippen molar-refractivity contribution in [3.05, 3.63) is 18.7 Å². The van der Waals surface area contributed by atoms with Crippen LogP contribution in [0.25, 0.3) is 0 Å². The number of hydrogen-bond donors (Lipinski definition) is 0. The quantitative estimate of drug-likeness (QED) is 0.268. The van der Waals surface area contributed by atoms with Crippen molar-refractivity contribution in [3.8, 4) is 0 Å². The molecular formula is C4H5KN2. The second-order valence-corrected chi connectivity index (χ2v) is 1.17. The first-order valence-electron chi connectivity index (χ1n) is 1.73. The van der Waals surface area contributed by atoms with Crippen LogP contribution in [0.4, 0.5) is 0 Å². The van der Waals surface area contributed by atoms with Crippen LogP contribution in [0.5, 0.6) is 0 Å². The molecule has 0 saturated heterocycles. The summed E-state index contributed by atoms with van der Waals surface area (Å²) >= 11 is 0. The minimum atomic E-state index is 0. The number of rotatable bonds is 0. The monoisotopic (exact) mass is 120 g/mol. The van der Waals surface area contributed by atoms with E-state index in [4.69, 9.17) is 0 Å². The molecule has 1 aromatic rings. The van der Waals surface area contributed by atoms with Gasteiger partial charge in [-0.15, -0.1) is 6.20 Å². The van der Waals surface area contributed by atoms with Gasteiger partial charge in [-0.2, -0.15) is 0 Å². The smallest absolute Gasteiger partial charge is 0.442 e. The molecule has 0 N–H and O–H groups in total. The molecule has 3 heteroatoms. The first kappa shape index (κ1) is 7.85. The van der Waals surface area contributed by atoms with Crippen molar-refractivity contribution < 1.29 is 51.4 Å². The zero-order chi connectivity index (χ0) is 4.41. The van der Waals surface area contributed by atoms with Crippen LogP contribution in [0.15, 0.2) is 12.5 Å². The zero-order valence-electron chi connectivity index (χ0n) is 4.55. The predicted molar refractivity (Wildman–Crippen MR) is 22.0 cm³/mol. The molecule has 0 radical (unpaired) electrons. The summed E-state index contributed by atoms with van der Waals surface area (Å²) in [5.41, 5.74) is 0. The molecule has 0 aliphatic carbocycles. The van der Waals surface area contributed by atoms with E-state index in [0.29, 0.717) is 0 Å². The van der Waals surface area contributed by atoms with Gasteiger partial charge in [0.2, 0.25) is 0 Å². The van der Waals surface area contributed by atoms with Gasteiger partial charge in [-0.25, -0.2) is 0 Å². The van der Waals surface area contributed by atoms with E-state index < -0.39 is 0 Å². The largest absolute Gasteiger partial charge is 1.00 e. The van der Waals surface area contributed by atoms with E-state index >= 15 is 0 Å². The molecule has 0 fully saturated rings. The van der Waals surface area contributed by atoms with E-state index in [1.807, 2.05) is 11.6 Å². The molecule has 0 aliphatic heterocycles. The number of aromatic nitrogens is 2. The Hall–Kier alpha value is 0.846. The fourth-order valence-corrected chi connectivity index (χ4v) is 0.282. The predicted octanol–water partition coefficient (Wildman–Crippen LogP) is -2.78. The van der Waals surface area contributed by atoms with Crippen LogP contribution in [0.3, 0.4) is 0 Å². The van der Waals surface area contributed by atoms with Crippen LogP contribution in [0.2, 0.25) is 0 Å². The van der Waals surface area contributed by atoms with Crippen LogP contribution >= 0.6 is 0 Å². The molecule has 7 heavy (non-hydrogen) atoms. The molecule has 0 spiro atoms. The Bertz CT molecular complexity index is 113. The van der Waals surface area contributed by atoms with Crippen molar-refractivity contribution >= 4 is 0 Å². The van der Waals surface area contributed by atoms with E-state index in [-0.39, 0.29) is 51.4 Å². The average molecular weight is 120 g/mol. The Balaban J connectivity index is 0.000000360. The Labute approximate surface area is 85.4 Å². The third-order valence-corrected chi connectivity index (χ3v) is 0.576. The van der Waals surface area contributed by atoms with Crippen molar-refractivity contribution in [2.24, 2.45) is 7.05 Å². The second kappa shape index (κ2) is 3.80. The molecule has 32 valence electrons. The third-order valence-electron chi connectivity index (χ3n) is 0.576. The summed E-state index contributed by atoms with van der Waals surface area (Å²) in [5, 5.41) is 0. The molecule has 0 amide bonds. The fraction of sp³-hybridized carbons (Fsp3) is 0.250. The van der Waals surface area contributed by atoms with E-state index in [1.165, 1.54) is 0 Å². The molecule has 2 nitrogen and oxygen atoms in total. The summed E-state index contributed by atoms with van der Waals surface area (Å²) in [6, 6.07) is 0. The number of nitrogens with zero attached hydrogens (tertiary/aromatic N) is 2. The van der Waals surface area contributed by atoms with Gasteiger partial charge in [-0.05, 0) is 7.05 Å². The molecule has 0 bridgehead atoms. The summed E-state index contributed by atoms with van der Waals surface area (Å²) < 4.78 is 1.83. The Kier molecular flexibility index (Phi) is 4.26. The van der Waals surface area contributed by atoms with Crippen molar-refractivity contribution in [1.82, 2.24) is 9.55 Å². The Morgan fingerprint density at radius 3 is 2.57 bits per heavy atom. The summed E-state index contributed by atoms with van der Waals surface area (Å²) in [7, 11) is 1.91. The Morgan fingerprint density at radius 1 is 1.71 bits per heavy atom. The first-order chi connectivity index (χ1) is 2.89. The van der Waals surface area contributed by atoms with Crippen LogP contribution in [-0.2, 0) is 7.05 Å². The van der Waals surface area contributed by atoms with Crippen molar-refractivity contribution in [2.45, 2.75) is 0 Å². The number of aryl methyl sites for hydroxylation is 1. The van der Waals surface area contributed by atoms with Gasteiger partial charge in [0.1, 0.15) is 0 Å². The molecule has 0 unspecified atom stereocenters. The minimum absolute atomic E-state index is 0. The molecule has 0 aliphatic rings. The van der Waals surface area contributed by atoms with Gasteiger partial charge >= 0.3 is 51.4 Å². The van der Waals surface area contributed by atoms with Crippen LogP contribution < -0.4 is 51.4 Å². The maximum absolute atomic E-state index is 3.66. The maximum Gasteiger partial charge on any atom is 1.00 e. The van der Waals surface area contributed by atoms with E-state index in [9.17, 15) is 0 Å². The maximum atomic E-state index is 3.66. The first-order valence-corrected chi connectivity index (χ1v) is 1.73. The van der Waals surface area contributed by atoms with Gasteiger partial charge in [0.25, 0.3) is 0 Å². The molecule has 1 rings (SSSR count). The SMILES string of the molecule is Cn1c[c-]nc1.[K+]. The summed E-state index contributed by atoms with van der Waals surface area (Å²) in [6.45, 7) is 0. The number of hydrogen-bond acceptors (Lipinski definition) is 1. The average Bonchev–Trinajstić information content (AvgIpc) is 1.86. The van der Waals surface area contributed by atoms with Gasteiger partial charge < -0.3 is 9.55 Å². The van der Waals surface area contributed by atoms with E-state index in [1.54, 1.807) is 12.5 Å². The van der Waals surface area contributed by atoms with Crippen LogP contribution in [0.1, 0.15) is 0 Å². The summed E-state index contributed by atoms with van der Waals surface area (Å²) in [4.78, 5) is 3.66. The Morgan fingerprint density at radius 2 is 2.43 bits per heavy atom. The van der Waals surface area contributed by atoms with Gasteiger partial charge in [-0.3, -0.25) is 0 Å². The zero-order valence-corrected chi connectivity index (χ0v) is 7.67. The van der Waals surface area contributed by atoms with Gasteiger partial charge in [0.05, 0.1) is 0 Å². The van der Waals surface area contributed by atoms with Gasteiger partial charge in [0, 0.05) is 0 Å². The van der Waals surface area contributed by atoms with Crippen molar-refractivity contribution in [1.29, 1.82) is 0 Å². The minimum Gasteiger partial charge on any atom is -0.442 e. The van der Waals surface area contributed by atoms with E-state index in [0.717, 1.165) is 0 Å². The van der Waals surface area contributed by atoms with Gasteiger partial charge in [0.15, 0.2) is 0 Å². The molecule has 0 saturated carbocycles. The van der Waals surface area contributed by atoms with E-state index in [2.05, 4.69) is 11.2 Å². The van der Waals surface area contributed by atoms with Crippen LogP contribution in [0, 0.1) is 6.20 Å². The summed E-state index contributed by atoms with van der Waals surface area (Å²) in [6.07, 6.45) is 6.10. The van der Waals surface area contributed by atoms with Crippen LogP contribution in [-0.4, -0.2) is 9.55 Å². The van der Waals surface area contributed by atoms with Crippen molar-refractivity contribution in [3.63, 3.8) is 0 Å². The fourth-order valence-electron chi connectivity index (χ4n) is 0.282. The topological polar surface area (TPSA) is 17.8 Å². The molecule has 0 aromatic carbocycles. The number of imidazole rings is 1. The van der Waals surface area contributed by atoms with Gasteiger partial charge in [-0.1, -0.05) is 12.5 Å². The molecule has 1 aromatic heterocycles. The second-order valence-electron chi connectivity index (χ2n) is 1.17. The molecule has 1 heterocycles. The molecular weight excluding hydrogens is 115 g/mol. The standard InChI is InChI=1S/C4H5N2.K/c1-6-3-2-5-4-6;/h3-4H,1H3;/q-1;+1. The molecule has 0 atom stereocenters. The van der Waals surface area contributed by atoms with Crippen molar-refractivity contribution in [2.75, 3.05) is 0 Å². The summed E-state index contributed by atoms with van der Waals surface area (Å²) in [5.74, 6) is 0. The third kappa shape index (κ3) is 2.61.